The summed E-state index contributed by atoms with van der Waals surface area (Å²) in [5, 5.41) is 2.97. The van der Waals surface area contributed by atoms with Gasteiger partial charge in [-0.3, -0.25) is 0 Å². The van der Waals surface area contributed by atoms with Crippen LogP contribution in [0.4, 0.5) is 4.39 Å². The molecule has 1 aliphatic rings. The Morgan fingerprint density at radius 1 is 1.13 bits per heavy atom. The third-order valence-corrected chi connectivity index (χ3v) is 5.44. The third-order valence-electron chi connectivity index (χ3n) is 4.50. The molecule has 4 aromatic rings. The van der Waals surface area contributed by atoms with Crippen LogP contribution in [0.2, 0.25) is 0 Å². The number of nitrogens with zero attached hydrogens (tertiary/aromatic N) is 1. The summed E-state index contributed by atoms with van der Waals surface area (Å²) in [7, 11) is 1.99. The summed E-state index contributed by atoms with van der Waals surface area (Å²) in [5.74, 6) is 1.60. The molecule has 0 atom stereocenters. The van der Waals surface area contributed by atoms with Crippen molar-refractivity contribution in [1.82, 2.24) is 0 Å². The molecule has 2 nitrogen and oxygen atoms in total. The lowest BCUT2D eigenvalue weighted by molar-refractivity contribution is -0.659. The minimum Gasteiger partial charge on any atom is -0.448 e. The average Bonchev–Trinajstić information content (AvgIpc) is 2.90. The molecule has 0 fully saturated rings. The maximum Gasteiger partial charge on any atom is 0.257 e. The highest BCUT2D eigenvalue weighted by Gasteiger charge is 2.31. The molecule has 23 heavy (non-hydrogen) atoms. The van der Waals surface area contributed by atoms with Crippen LogP contribution in [0.3, 0.4) is 0 Å². The zero-order valence-corrected chi connectivity index (χ0v) is 13.5. The van der Waals surface area contributed by atoms with E-state index in [-0.39, 0.29) is 5.13 Å². The Labute approximate surface area is 136 Å². The van der Waals surface area contributed by atoms with Gasteiger partial charge in [-0.25, -0.2) is 0 Å². The Morgan fingerprint density at radius 3 is 2.87 bits per heavy atom. The summed E-state index contributed by atoms with van der Waals surface area (Å²) in [6, 6.07) is 11.9. The molecule has 0 amide bonds. The van der Waals surface area contributed by atoms with Gasteiger partial charge in [0.2, 0.25) is 5.75 Å². The number of hydrogen-bond donors (Lipinski definition) is 0. The molecule has 0 N–H and O–H groups in total. The molecular formula is C19H13FNOS+. The Kier molecular flexibility index (Phi) is 2.43. The Bertz CT molecular complexity index is 1130. The highest BCUT2D eigenvalue weighted by molar-refractivity contribution is 7.18. The van der Waals surface area contributed by atoms with Gasteiger partial charge in [0.05, 0.1) is 15.6 Å². The molecule has 0 spiro atoms. The molecule has 0 saturated carbocycles. The quantitative estimate of drug-likeness (QED) is 0.362. The van der Waals surface area contributed by atoms with Crippen LogP contribution in [0.5, 0.6) is 11.5 Å². The molecule has 5 rings (SSSR count). The lowest BCUT2D eigenvalue weighted by Gasteiger charge is -2.20. The summed E-state index contributed by atoms with van der Waals surface area (Å²) in [6.45, 7) is 2.11. The highest BCUT2D eigenvalue weighted by atomic mass is 32.1. The number of rotatable bonds is 0. The summed E-state index contributed by atoms with van der Waals surface area (Å²) < 4.78 is 22.9. The van der Waals surface area contributed by atoms with Crippen LogP contribution in [0.1, 0.15) is 5.56 Å². The van der Waals surface area contributed by atoms with Crippen LogP contribution in [-0.2, 0) is 7.05 Å². The lowest BCUT2D eigenvalue weighted by Crippen LogP contribution is -2.32. The third kappa shape index (κ3) is 1.64. The molecule has 112 valence electrons. The Morgan fingerprint density at radius 2 is 2.00 bits per heavy atom. The number of ether oxygens (including phenoxy) is 1. The number of aromatic nitrogens is 1. The van der Waals surface area contributed by atoms with Crippen molar-refractivity contribution in [3.8, 4) is 22.8 Å². The molecule has 4 heteroatoms. The molecule has 3 heterocycles. The molecule has 2 aromatic heterocycles. The SMILES string of the molecule is Cc1ccc2cccc3c2c1-c1c(c2sc(F)cc2c[n+]1C)O3. The van der Waals surface area contributed by atoms with E-state index in [1.165, 1.54) is 11.1 Å². The van der Waals surface area contributed by atoms with Gasteiger partial charge >= 0.3 is 0 Å². The molecule has 0 aliphatic carbocycles. The van der Waals surface area contributed by atoms with E-state index < -0.39 is 0 Å². The maximum atomic E-state index is 13.8. The van der Waals surface area contributed by atoms with Crippen molar-refractivity contribution in [2.24, 2.45) is 7.05 Å². The predicted molar refractivity (Wildman–Crippen MR) is 90.7 cm³/mol. The summed E-state index contributed by atoms with van der Waals surface area (Å²) in [6.07, 6.45) is 1.98. The van der Waals surface area contributed by atoms with Gasteiger partial charge in [-0.05, 0) is 30.0 Å². The van der Waals surface area contributed by atoms with Gasteiger partial charge < -0.3 is 4.74 Å². The zero-order valence-electron chi connectivity index (χ0n) is 12.7. The van der Waals surface area contributed by atoms with E-state index in [1.807, 2.05) is 29.9 Å². The number of aryl methyl sites for hydroxylation is 2. The van der Waals surface area contributed by atoms with Crippen molar-refractivity contribution in [3.63, 3.8) is 0 Å². The molecule has 0 saturated heterocycles. The first kappa shape index (κ1) is 13.0. The summed E-state index contributed by atoms with van der Waals surface area (Å²) >= 11 is 1.14. The Balaban J connectivity index is 2.03. The maximum absolute atomic E-state index is 13.8. The van der Waals surface area contributed by atoms with Crippen LogP contribution < -0.4 is 9.30 Å². The van der Waals surface area contributed by atoms with E-state index in [4.69, 9.17) is 4.74 Å². The number of hydrogen-bond acceptors (Lipinski definition) is 2. The highest BCUT2D eigenvalue weighted by Crippen LogP contribution is 2.49. The normalized spacial score (nSPS) is 12.5. The van der Waals surface area contributed by atoms with Crippen molar-refractivity contribution in [1.29, 1.82) is 0 Å². The van der Waals surface area contributed by atoms with Gasteiger partial charge in [-0.2, -0.15) is 8.96 Å². The molecule has 2 aromatic carbocycles. The lowest BCUT2D eigenvalue weighted by atomic mass is 9.93. The largest absolute Gasteiger partial charge is 0.448 e. The van der Waals surface area contributed by atoms with E-state index in [9.17, 15) is 4.39 Å². The van der Waals surface area contributed by atoms with Gasteiger partial charge in [0.25, 0.3) is 5.69 Å². The van der Waals surface area contributed by atoms with Gasteiger partial charge in [0, 0.05) is 5.39 Å². The smallest absolute Gasteiger partial charge is 0.257 e. The number of benzene rings is 2. The molecular weight excluding hydrogens is 309 g/mol. The van der Waals surface area contributed by atoms with E-state index in [2.05, 4.69) is 25.1 Å². The fourth-order valence-corrected chi connectivity index (χ4v) is 4.36. The van der Waals surface area contributed by atoms with Crippen molar-refractivity contribution in [3.05, 3.63) is 53.3 Å². The Hall–Kier alpha value is -2.46. The fourth-order valence-electron chi connectivity index (χ4n) is 3.52. The number of halogens is 1. The van der Waals surface area contributed by atoms with E-state index in [0.717, 1.165) is 49.4 Å². The first-order valence-electron chi connectivity index (χ1n) is 7.46. The second-order valence-corrected chi connectivity index (χ2v) is 6.97. The average molecular weight is 322 g/mol. The van der Waals surface area contributed by atoms with Crippen LogP contribution in [0.15, 0.2) is 42.6 Å². The van der Waals surface area contributed by atoms with E-state index >= 15 is 0 Å². The predicted octanol–water partition coefficient (Wildman–Crippen LogP) is 5.10. The second-order valence-electron chi connectivity index (χ2n) is 5.97. The van der Waals surface area contributed by atoms with Crippen molar-refractivity contribution in [2.45, 2.75) is 6.92 Å². The standard InChI is InChI=1S/C19H13FNOS/c1-10-6-7-11-4-3-5-13-16(11)15(10)17-18(22-13)19-12(9-21(17)2)8-14(20)23-19/h3-9H,1-2H3/q+1. The molecule has 1 aliphatic heterocycles. The minimum atomic E-state index is -0.189. The van der Waals surface area contributed by atoms with Crippen molar-refractivity contribution < 1.29 is 13.7 Å². The summed E-state index contributed by atoms with van der Waals surface area (Å²) in [4.78, 5) is 0. The van der Waals surface area contributed by atoms with Gasteiger partial charge in [0.15, 0.2) is 11.3 Å². The van der Waals surface area contributed by atoms with Gasteiger partial charge in [0.1, 0.15) is 12.8 Å². The van der Waals surface area contributed by atoms with Crippen LogP contribution >= 0.6 is 11.3 Å². The number of pyridine rings is 1. The number of fused-ring (bicyclic) bond motifs is 4. The second kappa shape index (κ2) is 4.30. The monoisotopic (exact) mass is 322 g/mol. The fraction of sp³-hybridized carbons (Fsp3) is 0.105. The first-order valence-corrected chi connectivity index (χ1v) is 8.27. The molecule has 0 unspecified atom stereocenters. The van der Waals surface area contributed by atoms with Gasteiger partial charge in [-0.15, -0.1) is 11.3 Å². The topological polar surface area (TPSA) is 13.1 Å². The van der Waals surface area contributed by atoms with Crippen LogP contribution in [0, 0.1) is 12.1 Å². The molecule has 0 bridgehead atoms. The first-order chi connectivity index (χ1) is 11.1. The summed E-state index contributed by atoms with van der Waals surface area (Å²) in [5.41, 5.74) is 3.39. The van der Waals surface area contributed by atoms with Crippen molar-refractivity contribution in [2.75, 3.05) is 0 Å². The van der Waals surface area contributed by atoms with Crippen molar-refractivity contribution >= 4 is 32.2 Å². The van der Waals surface area contributed by atoms with E-state index in [0.29, 0.717) is 0 Å². The van der Waals surface area contributed by atoms with Crippen LogP contribution in [-0.4, -0.2) is 0 Å². The van der Waals surface area contributed by atoms with Gasteiger partial charge in [-0.1, -0.05) is 24.3 Å². The number of thiophene rings is 1. The van der Waals surface area contributed by atoms with Crippen LogP contribution in [0.25, 0.3) is 32.1 Å². The molecule has 0 radical (unpaired) electrons. The zero-order chi connectivity index (χ0) is 15.7. The van der Waals surface area contributed by atoms with E-state index in [1.54, 1.807) is 6.07 Å². The minimum absolute atomic E-state index is 0.189.